The molecule has 2 rings (SSSR count). The second kappa shape index (κ2) is 5.51. The summed E-state index contributed by atoms with van der Waals surface area (Å²) in [5.74, 6) is 1.45. The summed E-state index contributed by atoms with van der Waals surface area (Å²) in [7, 11) is 3.78. The van der Waals surface area contributed by atoms with E-state index < -0.39 is 5.54 Å². The monoisotopic (exact) mass is 289 g/mol. The van der Waals surface area contributed by atoms with Gasteiger partial charge in [-0.2, -0.15) is 4.98 Å². The van der Waals surface area contributed by atoms with Crippen LogP contribution in [0.3, 0.4) is 0 Å². The second-order valence-electron chi connectivity index (χ2n) is 5.53. The van der Waals surface area contributed by atoms with Crippen LogP contribution in [0.1, 0.15) is 35.9 Å². The minimum absolute atomic E-state index is 0.242. The van der Waals surface area contributed by atoms with E-state index in [1.54, 1.807) is 39.1 Å². The van der Waals surface area contributed by atoms with Gasteiger partial charge in [0.05, 0.1) is 5.56 Å². The molecule has 7 nitrogen and oxygen atoms in total. The number of nitrogens with one attached hydrogen (secondary N) is 1. The van der Waals surface area contributed by atoms with Crippen molar-refractivity contribution < 1.29 is 9.32 Å². The Morgan fingerprint density at radius 1 is 1.33 bits per heavy atom. The van der Waals surface area contributed by atoms with E-state index in [0.29, 0.717) is 17.3 Å². The topological polar surface area (TPSA) is 84.2 Å². The van der Waals surface area contributed by atoms with E-state index in [2.05, 4.69) is 20.4 Å². The first-order chi connectivity index (χ1) is 9.79. The largest absolute Gasteiger partial charge is 0.363 e. The molecule has 2 aromatic rings. The Kier molecular flexibility index (Phi) is 3.93. The molecule has 0 aromatic carbocycles. The second-order valence-corrected chi connectivity index (χ2v) is 5.53. The molecule has 112 valence electrons. The molecule has 0 unspecified atom stereocenters. The van der Waals surface area contributed by atoms with Crippen LogP contribution in [0, 0.1) is 6.92 Å². The molecule has 2 aromatic heterocycles. The fraction of sp³-hybridized carbons (Fsp3) is 0.429. The lowest BCUT2D eigenvalue weighted by molar-refractivity contribution is 0.0894. The molecule has 0 bridgehead atoms. The van der Waals surface area contributed by atoms with Crippen LogP contribution in [0.2, 0.25) is 0 Å². The summed E-state index contributed by atoms with van der Waals surface area (Å²) >= 11 is 0. The van der Waals surface area contributed by atoms with E-state index >= 15 is 0 Å². The van der Waals surface area contributed by atoms with Crippen LogP contribution in [0.15, 0.2) is 22.9 Å². The lowest BCUT2D eigenvalue weighted by atomic mass is 10.1. The van der Waals surface area contributed by atoms with Crippen LogP contribution < -0.4 is 10.2 Å². The van der Waals surface area contributed by atoms with Crippen molar-refractivity contribution in [2.75, 3.05) is 19.0 Å². The summed E-state index contributed by atoms with van der Waals surface area (Å²) in [6.45, 7) is 5.34. The molecule has 1 amide bonds. The van der Waals surface area contributed by atoms with E-state index in [-0.39, 0.29) is 5.91 Å². The summed E-state index contributed by atoms with van der Waals surface area (Å²) < 4.78 is 5.12. The highest BCUT2D eigenvalue weighted by Gasteiger charge is 2.29. The van der Waals surface area contributed by atoms with Crippen molar-refractivity contribution >= 4 is 11.7 Å². The Labute approximate surface area is 123 Å². The SMILES string of the molecule is Cc1noc(C(C)(C)NC(=O)c2ccc(N(C)C)nc2)n1. The lowest BCUT2D eigenvalue weighted by Gasteiger charge is -2.21. The molecule has 21 heavy (non-hydrogen) atoms. The number of carbonyl (C=O) groups is 1. The highest BCUT2D eigenvalue weighted by Crippen LogP contribution is 2.18. The number of rotatable bonds is 4. The fourth-order valence-electron chi connectivity index (χ4n) is 1.75. The molecule has 0 radical (unpaired) electrons. The Morgan fingerprint density at radius 3 is 2.52 bits per heavy atom. The number of anilines is 1. The number of hydrogen-bond acceptors (Lipinski definition) is 6. The number of nitrogens with zero attached hydrogens (tertiary/aromatic N) is 4. The molecule has 2 heterocycles. The quantitative estimate of drug-likeness (QED) is 0.918. The summed E-state index contributed by atoms with van der Waals surface area (Å²) in [5, 5.41) is 6.60. The average molecular weight is 289 g/mol. The van der Waals surface area contributed by atoms with Crippen LogP contribution in [-0.4, -0.2) is 35.1 Å². The normalized spacial score (nSPS) is 11.3. The van der Waals surface area contributed by atoms with Crippen molar-refractivity contribution in [1.82, 2.24) is 20.4 Å². The summed E-state index contributed by atoms with van der Waals surface area (Å²) in [6.07, 6.45) is 1.54. The van der Waals surface area contributed by atoms with Gasteiger partial charge in [0.2, 0.25) is 0 Å². The molecule has 0 aliphatic heterocycles. The Balaban J connectivity index is 2.13. The van der Waals surface area contributed by atoms with Crippen LogP contribution in [0.25, 0.3) is 0 Å². The Hall–Kier alpha value is -2.44. The van der Waals surface area contributed by atoms with E-state index in [1.165, 1.54) is 0 Å². The third-order valence-corrected chi connectivity index (χ3v) is 2.96. The molecule has 0 spiro atoms. The van der Waals surface area contributed by atoms with Crippen molar-refractivity contribution in [3.63, 3.8) is 0 Å². The Morgan fingerprint density at radius 2 is 2.05 bits per heavy atom. The maximum Gasteiger partial charge on any atom is 0.253 e. The van der Waals surface area contributed by atoms with Crippen LogP contribution in [-0.2, 0) is 5.54 Å². The number of carbonyl (C=O) groups excluding carboxylic acids is 1. The highest BCUT2D eigenvalue weighted by atomic mass is 16.5. The summed E-state index contributed by atoms with van der Waals surface area (Å²) in [4.78, 5) is 22.5. The number of aromatic nitrogens is 3. The van der Waals surface area contributed by atoms with Crippen molar-refractivity contribution in [3.05, 3.63) is 35.6 Å². The van der Waals surface area contributed by atoms with E-state index in [9.17, 15) is 4.79 Å². The maximum atomic E-state index is 12.3. The third kappa shape index (κ3) is 3.36. The van der Waals surface area contributed by atoms with Crippen LogP contribution in [0.4, 0.5) is 5.82 Å². The lowest BCUT2D eigenvalue weighted by Crippen LogP contribution is -2.41. The molecule has 0 saturated heterocycles. The summed E-state index contributed by atoms with van der Waals surface area (Å²) in [6, 6.07) is 3.52. The molecular weight excluding hydrogens is 270 g/mol. The summed E-state index contributed by atoms with van der Waals surface area (Å²) in [5.41, 5.74) is -0.275. The van der Waals surface area contributed by atoms with Gasteiger partial charge < -0.3 is 14.7 Å². The molecular formula is C14H19N5O2. The maximum absolute atomic E-state index is 12.3. The molecule has 0 fully saturated rings. The van der Waals surface area contributed by atoms with Gasteiger partial charge in [-0.05, 0) is 32.9 Å². The predicted octanol–water partition coefficient (Wildman–Crippen LogP) is 1.50. The van der Waals surface area contributed by atoms with Gasteiger partial charge in [-0.25, -0.2) is 4.98 Å². The zero-order valence-electron chi connectivity index (χ0n) is 12.8. The van der Waals surface area contributed by atoms with Crippen LogP contribution >= 0.6 is 0 Å². The molecule has 0 atom stereocenters. The first-order valence-electron chi connectivity index (χ1n) is 6.56. The van der Waals surface area contributed by atoms with Gasteiger partial charge in [-0.1, -0.05) is 5.16 Å². The van der Waals surface area contributed by atoms with Gasteiger partial charge in [-0.3, -0.25) is 4.79 Å². The van der Waals surface area contributed by atoms with E-state index in [4.69, 9.17) is 4.52 Å². The van der Waals surface area contributed by atoms with Crippen molar-refractivity contribution in [1.29, 1.82) is 0 Å². The zero-order valence-corrected chi connectivity index (χ0v) is 12.8. The van der Waals surface area contributed by atoms with Crippen molar-refractivity contribution in [2.45, 2.75) is 26.3 Å². The zero-order chi connectivity index (χ0) is 15.6. The van der Waals surface area contributed by atoms with Crippen LogP contribution in [0.5, 0.6) is 0 Å². The first kappa shape index (κ1) is 15.0. The highest BCUT2D eigenvalue weighted by molar-refractivity contribution is 5.94. The number of amides is 1. The Bertz CT molecular complexity index is 631. The van der Waals surface area contributed by atoms with Gasteiger partial charge in [0.25, 0.3) is 11.8 Å². The van der Waals surface area contributed by atoms with E-state index in [1.807, 2.05) is 19.0 Å². The molecule has 0 aliphatic carbocycles. The predicted molar refractivity (Wildman–Crippen MR) is 78.1 cm³/mol. The number of pyridine rings is 1. The number of aryl methyl sites for hydroxylation is 1. The molecule has 7 heteroatoms. The average Bonchev–Trinajstić information content (AvgIpc) is 2.86. The number of hydrogen-bond donors (Lipinski definition) is 1. The van der Waals surface area contributed by atoms with Crippen molar-refractivity contribution in [2.24, 2.45) is 0 Å². The standard InChI is InChI=1S/C14H19N5O2/c1-9-16-13(21-18-9)14(2,3)17-12(20)10-6-7-11(15-8-10)19(4)5/h6-8H,1-5H3,(H,17,20). The third-order valence-electron chi connectivity index (χ3n) is 2.96. The van der Waals surface area contributed by atoms with E-state index in [0.717, 1.165) is 5.82 Å². The first-order valence-corrected chi connectivity index (χ1v) is 6.56. The van der Waals surface area contributed by atoms with Gasteiger partial charge in [0.1, 0.15) is 11.4 Å². The van der Waals surface area contributed by atoms with Crippen molar-refractivity contribution in [3.8, 4) is 0 Å². The molecule has 1 N–H and O–H groups in total. The minimum atomic E-state index is -0.751. The minimum Gasteiger partial charge on any atom is -0.363 e. The molecule has 0 aliphatic rings. The van der Waals surface area contributed by atoms with Gasteiger partial charge >= 0.3 is 0 Å². The van der Waals surface area contributed by atoms with Gasteiger partial charge in [0, 0.05) is 20.3 Å². The molecule has 0 saturated carbocycles. The fourth-order valence-corrected chi connectivity index (χ4v) is 1.75. The smallest absolute Gasteiger partial charge is 0.253 e. The van der Waals surface area contributed by atoms with Gasteiger partial charge in [-0.15, -0.1) is 0 Å². The van der Waals surface area contributed by atoms with Gasteiger partial charge in [0.15, 0.2) is 5.82 Å².